The molecule has 1 fully saturated rings. The van der Waals surface area contributed by atoms with Gasteiger partial charge in [0.2, 0.25) is 10.0 Å². The van der Waals surface area contributed by atoms with Crippen LogP contribution in [0.5, 0.6) is 0 Å². The lowest BCUT2D eigenvalue weighted by atomic mass is 10.1. The number of hydrogen-bond donors (Lipinski definition) is 0. The predicted octanol–water partition coefficient (Wildman–Crippen LogP) is 2.33. The quantitative estimate of drug-likeness (QED) is 0.812. The van der Waals surface area contributed by atoms with Gasteiger partial charge in [0.05, 0.1) is 22.1 Å². The SMILES string of the molecule is N#Cc1ccc(CN2CCCN(S(=O)(=O)c3ccccc3C#N)CC2)cc1. The van der Waals surface area contributed by atoms with Crippen LogP contribution in [0, 0.1) is 22.7 Å². The molecule has 138 valence electrons. The molecule has 1 heterocycles. The number of nitriles is 2. The van der Waals surface area contributed by atoms with E-state index in [0.717, 1.165) is 18.5 Å². The van der Waals surface area contributed by atoms with Crippen LogP contribution in [-0.4, -0.2) is 43.8 Å². The molecule has 0 atom stereocenters. The number of nitrogens with zero attached hydrogens (tertiary/aromatic N) is 4. The Labute approximate surface area is 159 Å². The first-order valence-corrected chi connectivity index (χ1v) is 10.2. The molecule has 0 radical (unpaired) electrons. The highest BCUT2D eigenvalue weighted by Crippen LogP contribution is 2.21. The number of hydrogen-bond acceptors (Lipinski definition) is 5. The Balaban J connectivity index is 1.70. The third-order valence-corrected chi connectivity index (χ3v) is 6.62. The monoisotopic (exact) mass is 380 g/mol. The number of benzene rings is 2. The molecule has 1 aliphatic rings. The molecule has 0 saturated carbocycles. The summed E-state index contributed by atoms with van der Waals surface area (Å²) in [6.07, 6.45) is 0.726. The highest BCUT2D eigenvalue weighted by atomic mass is 32.2. The van der Waals surface area contributed by atoms with Gasteiger partial charge in [-0.05, 0) is 42.8 Å². The van der Waals surface area contributed by atoms with Crippen molar-refractivity contribution in [2.24, 2.45) is 0 Å². The van der Waals surface area contributed by atoms with Crippen molar-refractivity contribution < 1.29 is 8.42 Å². The molecule has 2 aromatic rings. The molecular formula is C20H20N4O2S. The van der Waals surface area contributed by atoms with Crippen molar-refractivity contribution in [3.63, 3.8) is 0 Å². The van der Waals surface area contributed by atoms with Crippen molar-refractivity contribution in [3.05, 3.63) is 65.2 Å². The maximum Gasteiger partial charge on any atom is 0.244 e. The fourth-order valence-electron chi connectivity index (χ4n) is 3.21. The van der Waals surface area contributed by atoms with Crippen LogP contribution >= 0.6 is 0 Å². The van der Waals surface area contributed by atoms with E-state index in [2.05, 4.69) is 11.0 Å². The summed E-state index contributed by atoms with van der Waals surface area (Å²) in [5, 5.41) is 18.1. The number of sulfonamides is 1. The molecule has 0 N–H and O–H groups in total. The summed E-state index contributed by atoms with van der Waals surface area (Å²) in [4.78, 5) is 2.29. The lowest BCUT2D eigenvalue weighted by Gasteiger charge is -2.22. The molecule has 0 amide bonds. The molecule has 1 aliphatic heterocycles. The summed E-state index contributed by atoms with van der Waals surface area (Å²) in [7, 11) is -3.69. The van der Waals surface area contributed by atoms with E-state index in [-0.39, 0.29) is 10.5 Å². The molecule has 7 heteroatoms. The van der Waals surface area contributed by atoms with Crippen LogP contribution in [0.1, 0.15) is 23.1 Å². The van der Waals surface area contributed by atoms with E-state index in [9.17, 15) is 13.7 Å². The molecule has 6 nitrogen and oxygen atoms in total. The third-order valence-electron chi connectivity index (χ3n) is 4.66. The first kappa shape index (κ1) is 19.1. The lowest BCUT2D eigenvalue weighted by molar-refractivity contribution is 0.278. The third kappa shape index (κ3) is 4.35. The van der Waals surface area contributed by atoms with Crippen LogP contribution in [0.2, 0.25) is 0 Å². The van der Waals surface area contributed by atoms with Crippen molar-refractivity contribution in [2.75, 3.05) is 26.2 Å². The summed E-state index contributed by atoms with van der Waals surface area (Å²) < 4.78 is 27.4. The van der Waals surface area contributed by atoms with E-state index in [0.29, 0.717) is 31.7 Å². The highest BCUT2D eigenvalue weighted by molar-refractivity contribution is 7.89. The van der Waals surface area contributed by atoms with Crippen molar-refractivity contribution in [1.29, 1.82) is 10.5 Å². The maximum absolute atomic E-state index is 13.0. The Morgan fingerprint density at radius 1 is 0.889 bits per heavy atom. The fourth-order valence-corrected chi connectivity index (χ4v) is 4.82. The number of rotatable bonds is 4. The van der Waals surface area contributed by atoms with Crippen LogP contribution in [-0.2, 0) is 16.6 Å². The second kappa shape index (κ2) is 8.32. The Morgan fingerprint density at radius 2 is 1.63 bits per heavy atom. The zero-order valence-corrected chi connectivity index (χ0v) is 15.7. The molecule has 0 bridgehead atoms. The Morgan fingerprint density at radius 3 is 2.33 bits per heavy atom. The molecular weight excluding hydrogens is 360 g/mol. The van der Waals surface area contributed by atoms with Gasteiger partial charge in [0, 0.05) is 26.2 Å². The van der Waals surface area contributed by atoms with Crippen molar-refractivity contribution in [3.8, 4) is 12.1 Å². The van der Waals surface area contributed by atoms with Gasteiger partial charge in [0.25, 0.3) is 0 Å². The summed E-state index contributed by atoms with van der Waals surface area (Å²) >= 11 is 0. The van der Waals surface area contributed by atoms with E-state index in [1.165, 1.54) is 16.4 Å². The van der Waals surface area contributed by atoms with E-state index in [1.807, 2.05) is 18.2 Å². The fraction of sp³-hybridized carbons (Fsp3) is 0.300. The average Bonchev–Trinajstić information content (AvgIpc) is 2.94. The van der Waals surface area contributed by atoms with Crippen LogP contribution < -0.4 is 0 Å². The molecule has 0 unspecified atom stereocenters. The van der Waals surface area contributed by atoms with Crippen LogP contribution in [0.3, 0.4) is 0 Å². The van der Waals surface area contributed by atoms with Gasteiger partial charge in [0.15, 0.2) is 0 Å². The summed E-state index contributed by atoms with van der Waals surface area (Å²) in [5.41, 5.74) is 1.90. The van der Waals surface area contributed by atoms with Gasteiger partial charge in [-0.1, -0.05) is 24.3 Å². The van der Waals surface area contributed by atoms with Gasteiger partial charge in [-0.2, -0.15) is 14.8 Å². The molecule has 0 aliphatic carbocycles. The lowest BCUT2D eigenvalue weighted by Crippen LogP contribution is -2.35. The van der Waals surface area contributed by atoms with Gasteiger partial charge in [-0.15, -0.1) is 0 Å². The Hall–Kier alpha value is -2.71. The van der Waals surface area contributed by atoms with Crippen LogP contribution in [0.4, 0.5) is 0 Å². The second-order valence-corrected chi connectivity index (χ2v) is 8.36. The summed E-state index contributed by atoms with van der Waals surface area (Å²) in [6, 6.07) is 17.9. The minimum Gasteiger partial charge on any atom is -0.298 e. The topological polar surface area (TPSA) is 88.2 Å². The minimum absolute atomic E-state index is 0.0769. The standard InChI is InChI=1S/C20H20N4O2S/c21-14-17-6-8-18(9-7-17)16-23-10-3-11-24(13-12-23)27(25,26)20-5-2-1-4-19(20)15-22/h1-2,4-9H,3,10-13,16H2. The molecule has 0 spiro atoms. The maximum atomic E-state index is 13.0. The minimum atomic E-state index is -3.69. The molecule has 2 aromatic carbocycles. The van der Waals surface area contributed by atoms with E-state index in [4.69, 9.17) is 5.26 Å². The Bertz CT molecular complexity index is 988. The van der Waals surface area contributed by atoms with Gasteiger partial charge in [-0.3, -0.25) is 4.90 Å². The smallest absolute Gasteiger partial charge is 0.244 e. The van der Waals surface area contributed by atoms with Crippen molar-refractivity contribution in [2.45, 2.75) is 17.9 Å². The van der Waals surface area contributed by atoms with Crippen LogP contribution in [0.25, 0.3) is 0 Å². The second-order valence-electron chi connectivity index (χ2n) is 6.45. The largest absolute Gasteiger partial charge is 0.298 e. The normalized spacial score (nSPS) is 16.2. The van der Waals surface area contributed by atoms with Crippen molar-refractivity contribution >= 4 is 10.0 Å². The van der Waals surface area contributed by atoms with Gasteiger partial charge >= 0.3 is 0 Å². The summed E-state index contributed by atoms with van der Waals surface area (Å²) in [6.45, 7) is 2.96. The first-order valence-electron chi connectivity index (χ1n) is 8.75. The van der Waals surface area contributed by atoms with E-state index < -0.39 is 10.0 Å². The van der Waals surface area contributed by atoms with Gasteiger partial charge < -0.3 is 0 Å². The predicted molar refractivity (Wildman–Crippen MR) is 101 cm³/mol. The first-order chi connectivity index (χ1) is 13.0. The molecule has 1 saturated heterocycles. The van der Waals surface area contributed by atoms with Gasteiger partial charge in [0.1, 0.15) is 6.07 Å². The average molecular weight is 380 g/mol. The van der Waals surface area contributed by atoms with Crippen LogP contribution in [0.15, 0.2) is 53.4 Å². The van der Waals surface area contributed by atoms with E-state index >= 15 is 0 Å². The molecule has 27 heavy (non-hydrogen) atoms. The summed E-state index contributed by atoms with van der Waals surface area (Å²) in [5.74, 6) is 0. The Kier molecular flexibility index (Phi) is 5.88. The van der Waals surface area contributed by atoms with E-state index in [1.54, 1.807) is 24.3 Å². The zero-order chi connectivity index (χ0) is 19.3. The van der Waals surface area contributed by atoms with Crippen molar-refractivity contribution in [1.82, 2.24) is 9.21 Å². The zero-order valence-electron chi connectivity index (χ0n) is 14.9. The molecule has 0 aromatic heterocycles. The van der Waals surface area contributed by atoms with Gasteiger partial charge in [-0.25, -0.2) is 8.42 Å². The highest BCUT2D eigenvalue weighted by Gasteiger charge is 2.28. The molecule has 3 rings (SSSR count).